The molecule has 0 radical (unpaired) electrons. The zero-order valence-corrected chi connectivity index (χ0v) is 13.9. The van der Waals surface area contributed by atoms with Gasteiger partial charge in [0.15, 0.2) is 0 Å². The first-order valence-electron chi connectivity index (χ1n) is 6.03. The van der Waals surface area contributed by atoms with E-state index in [9.17, 15) is 0 Å². The van der Waals surface area contributed by atoms with Crippen LogP contribution >= 0.6 is 46.2 Å². The Morgan fingerprint density at radius 1 is 0.800 bits per heavy atom. The molecule has 0 saturated carbocycles. The highest BCUT2D eigenvalue weighted by Crippen LogP contribution is 2.39. The van der Waals surface area contributed by atoms with Crippen LogP contribution in [-0.2, 0) is 0 Å². The van der Waals surface area contributed by atoms with E-state index in [2.05, 4.69) is 36.4 Å². The average molecular weight is 337 g/mol. The molecule has 0 atom stereocenters. The molecule has 0 fully saturated rings. The molecule has 2 rings (SSSR count). The summed E-state index contributed by atoms with van der Waals surface area (Å²) in [5.74, 6) is 1.71. The highest BCUT2D eigenvalue weighted by atomic mass is 32.2. The molecule has 0 aliphatic rings. The van der Waals surface area contributed by atoms with E-state index in [1.54, 1.807) is 46.2 Å². The van der Waals surface area contributed by atoms with Crippen LogP contribution in [0.1, 0.15) is 12.8 Å². The molecule has 2 heterocycles. The first-order chi connectivity index (χ1) is 9.83. The second-order valence-corrected chi connectivity index (χ2v) is 8.71. The number of thiophene rings is 2. The lowest BCUT2D eigenvalue weighted by molar-refractivity contribution is 1.24. The molecule has 102 valence electrons. The minimum absolute atomic E-state index is 0.594. The molecular formula is C14H12N2S4. The summed E-state index contributed by atoms with van der Waals surface area (Å²) in [4.78, 5) is 2.56. The maximum atomic E-state index is 8.54. The highest BCUT2D eigenvalue weighted by molar-refractivity contribution is 8.01. The van der Waals surface area contributed by atoms with Crippen LogP contribution in [0.5, 0.6) is 0 Å². The van der Waals surface area contributed by atoms with Crippen molar-refractivity contribution in [3.05, 3.63) is 24.3 Å². The molecule has 2 nitrogen and oxygen atoms in total. The van der Waals surface area contributed by atoms with Gasteiger partial charge in [-0.25, -0.2) is 0 Å². The fraction of sp³-hybridized carbons (Fsp3) is 0.286. The topological polar surface area (TPSA) is 47.6 Å². The lowest BCUT2D eigenvalue weighted by Crippen LogP contribution is -1.71. The molecule has 20 heavy (non-hydrogen) atoms. The summed E-state index contributed by atoms with van der Waals surface area (Å²) < 4.78 is 2.53. The first kappa shape index (κ1) is 15.5. The molecule has 0 unspecified atom stereocenters. The van der Waals surface area contributed by atoms with E-state index in [0.29, 0.717) is 12.8 Å². The number of thioether (sulfide) groups is 2. The lowest BCUT2D eigenvalue weighted by atomic mass is 10.4. The van der Waals surface area contributed by atoms with Gasteiger partial charge in [0, 0.05) is 34.1 Å². The zero-order valence-electron chi connectivity index (χ0n) is 10.7. The smallest absolute Gasteiger partial charge is 0.0630 e. The van der Waals surface area contributed by atoms with Crippen LogP contribution < -0.4 is 0 Å². The van der Waals surface area contributed by atoms with Gasteiger partial charge in [0.05, 0.1) is 20.6 Å². The second-order valence-electron chi connectivity index (χ2n) is 3.75. The second kappa shape index (κ2) is 8.39. The summed E-state index contributed by atoms with van der Waals surface area (Å²) in [6.07, 6.45) is 1.19. The molecule has 0 N–H and O–H groups in total. The third kappa shape index (κ3) is 4.57. The fourth-order valence-corrected chi connectivity index (χ4v) is 5.65. The minimum atomic E-state index is 0.594. The zero-order chi connectivity index (χ0) is 14.2. The van der Waals surface area contributed by atoms with Gasteiger partial charge < -0.3 is 0 Å². The van der Waals surface area contributed by atoms with Gasteiger partial charge >= 0.3 is 0 Å². The average Bonchev–Trinajstić information content (AvgIpc) is 3.08. The molecule has 6 heteroatoms. The van der Waals surface area contributed by atoms with E-state index < -0.39 is 0 Å². The van der Waals surface area contributed by atoms with Crippen molar-refractivity contribution < 1.29 is 0 Å². The van der Waals surface area contributed by atoms with Crippen LogP contribution in [0, 0.1) is 22.7 Å². The maximum absolute atomic E-state index is 8.54. The summed E-state index contributed by atoms with van der Waals surface area (Å²) in [5.41, 5.74) is 0. The molecule has 0 aromatic carbocycles. The van der Waals surface area contributed by atoms with Crippen LogP contribution in [-0.4, -0.2) is 11.5 Å². The number of nitriles is 2. The fourth-order valence-electron chi connectivity index (χ4n) is 1.45. The van der Waals surface area contributed by atoms with Crippen molar-refractivity contribution in [2.45, 2.75) is 21.3 Å². The monoisotopic (exact) mass is 336 g/mol. The SMILES string of the molecule is N#CCCSc1ccc(-c2ccc(SCCC#N)s2)s1. The van der Waals surface area contributed by atoms with Crippen LogP contribution in [0.4, 0.5) is 0 Å². The van der Waals surface area contributed by atoms with E-state index in [4.69, 9.17) is 10.5 Å². The Kier molecular flexibility index (Phi) is 6.49. The van der Waals surface area contributed by atoms with Crippen LogP contribution in [0.3, 0.4) is 0 Å². The van der Waals surface area contributed by atoms with Crippen molar-refractivity contribution in [3.63, 3.8) is 0 Å². The molecule has 0 saturated heterocycles. The largest absolute Gasteiger partial charge is 0.198 e. The summed E-state index contributed by atoms with van der Waals surface area (Å²) in [5, 5.41) is 17.1. The van der Waals surface area contributed by atoms with Gasteiger partial charge in [-0.2, -0.15) is 10.5 Å². The third-order valence-corrected chi connectivity index (χ3v) is 7.14. The number of hydrogen-bond donors (Lipinski definition) is 0. The van der Waals surface area contributed by atoms with Crippen molar-refractivity contribution >= 4 is 46.2 Å². The standard InChI is InChI=1S/C14H12N2S4/c15-7-1-9-17-13-5-3-11(19-13)12-4-6-14(20-12)18-10-2-8-16/h3-6H,1-2,9-10H2. The van der Waals surface area contributed by atoms with E-state index in [1.165, 1.54) is 18.2 Å². The molecule has 0 spiro atoms. The van der Waals surface area contributed by atoms with Gasteiger partial charge in [0.1, 0.15) is 0 Å². The molecule has 0 bridgehead atoms. The van der Waals surface area contributed by atoms with Crippen molar-refractivity contribution in [2.24, 2.45) is 0 Å². The van der Waals surface area contributed by atoms with Gasteiger partial charge in [-0.3, -0.25) is 0 Å². The normalized spacial score (nSPS) is 10.1. The van der Waals surface area contributed by atoms with Gasteiger partial charge in [0.2, 0.25) is 0 Å². The minimum Gasteiger partial charge on any atom is -0.198 e. The van der Waals surface area contributed by atoms with Gasteiger partial charge in [-0.05, 0) is 24.3 Å². The molecule has 0 aliphatic carbocycles. The van der Waals surface area contributed by atoms with Crippen LogP contribution in [0.2, 0.25) is 0 Å². The Balaban J connectivity index is 1.94. The Hall–Kier alpha value is -0.920. The number of hydrogen-bond acceptors (Lipinski definition) is 6. The predicted molar refractivity (Wildman–Crippen MR) is 89.5 cm³/mol. The Morgan fingerprint density at radius 2 is 1.25 bits per heavy atom. The van der Waals surface area contributed by atoms with Crippen molar-refractivity contribution in [1.82, 2.24) is 0 Å². The van der Waals surface area contributed by atoms with Crippen molar-refractivity contribution in [3.8, 4) is 21.9 Å². The summed E-state index contributed by atoms with van der Waals surface area (Å²) in [6.45, 7) is 0. The van der Waals surface area contributed by atoms with Crippen molar-refractivity contribution in [2.75, 3.05) is 11.5 Å². The van der Waals surface area contributed by atoms with Crippen molar-refractivity contribution in [1.29, 1.82) is 10.5 Å². The highest BCUT2D eigenvalue weighted by Gasteiger charge is 2.07. The quantitative estimate of drug-likeness (QED) is 0.495. The van der Waals surface area contributed by atoms with E-state index in [-0.39, 0.29) is 0 Å². The van der Waals surface area contributed by atoms with E-state index in [1.807, 2.05) is 0 Å². The van der Waals surface area contributed by atoms with Gasteiger partial charge in [-0.15, -0.1) is 46.2 Å². The van der Waals surface area contributed by atoms with Crippen LogP contribution in [0.25, 0.3) is 9.75 Å². The van der Waals surface area contributed by atoms with Crippen LogP contribution in [0.15, 0.2) is 32.7 Å². The number of nitrogens with zero attached hydrogens (tertiary/aromatic N) is 2. The molecule has 0 aliphatic heterocycles. The van der Waals surface area contributed by atoms with E-state index >= 15 is 0 Å². The van der Waals surface area contributed by atoms with Gasteiger partial charge in [-0.1, -0.05) is 0 Å². The molecule has 0 amide bonds. The lowest BCUT2D eigenvalue weighted by Gasteiger charge is -1.93. The number of rotatable bonds is 7. The predicted octanol–water partition coefficient (Wildman–Crippen LogP) is 5.49. The summed E-state index contributed by atoms with van der Waals surface area (Å²) in [6, 6.07) is 12.9. The van der Waals surface area contributed by atoms with E-state index in [0.717, 1.165) is 11.5 Å². The molecular weight excluding hydrogens is 324 g/mol. The Bertz CT molecular complexity index is 574. The maximum Gasteiger partial charge on any atom is 0.0630 e. The van der Waals surface area contributed by atoms with Gasteiger partial charge in [0.25, 0.3) is 0 Å². The summed E-state index contributed by atoms with van der Waals surface area (Å²) in [7, 11) is 0. The Labute approximate surface area is 135 Å². The Morgan fingerprint density at radius 3 is 1.65 bits per heavy atom. The third-order valence-electron chi connectivity index (χ3n) is 2.32. The molecule has 2 aromatic heterocycles. The first-order valence-corrected chi connectivity index (χ1v) is 9.63. The summed E-state index contributed by atoms with van der Waals surface area (Å²) >= 11 is 7.05. The molecule has 2 aromatic rings.